The van der Waals surface area contributed by atoms with Gasteiger partial charge in [0.1, 0.15) is 4.88 Å². The fourth-order valence-corrected chi connectivity index (χ4v) is 3.97. The Labute approximate surface area is 159 Å². The second-order valence-corrected chi connectivity index (χ2v) is 7.30. The maximum atomic E-state index is 12.7. The minimum absolute atomic E-state index is 0.0218. The molecule has 3 amide bonds. The van der Waals surface area contributed by atoms with Crippen LogP contribution in [0.25, 0.3) is 10.4 Å². The van der Waals surface area contributed by atoms with E-state index in [0.717, 1.165) is 19.4 Å². The van der Waals surface area contributed by atoms with Gasteiger partial charge in [-0.3, -0.25) is 4.79 Å². The fraction of sp³-hybridized carbons (Fsp3) is 0.278. The lowest BCUT2D eigenvalue weighted by atomic mass is 10.1. The van der Waals surface area contributed by atoms with Crippen LogP contribution < -0.4 is 21.7 Å². The van der Waals surface area contributed by atoms with Crippen molar-refractivity contribution in [2.24, 2.45) is 5.73 Å². The maximum absolute atomic E-state index is 12.7. The van der Waals surface area contributed by atoms with E-state index in [1.807, 2.05) is 0 Å². The van der Waals surface area contributed by atoms with Gasteiger partial charge in [-0.2, -0.15) is 0 Å². The molecule has 0 aliphatic carbocycles. The highest BCUT2D eigenvalue weighted by molar-refractivity contribution is 7.18. The molecule has 0 saturated carbocycles. The average molecular weight is 388 g/mol. The molecule has 6 N–H and O–H groups in total. The van der Waals surface area contributed by atoms with Gasteiger partial charge in [0.25, 0.3) is 5.91 Å². The molecule has 0 radical (unpaired) electrons. The molecule has 27 heavy (non-hydrogen) atoms. The number of thiophene rings is 1. The molecule has 0 bridgehead atoms. The van der Waals surface area contributed by atoms with Gasteiger partial charge in [0.15, 0.2) is 0 Å². The highest BCUT2D eigenvalue weighted by Gasteiger charge is 2.22. The molecule has 1 aromatic carbocycles. The number of carboxylic acids is 1. The van der Waals surface area contributed by atoms with Crippen molar-refractivity contribution < 1.29 is 19.5 Å². The summed E-state index contributed by atoms with van der Waals surface area (Å²) in [7, 11) is 0. The van der Waals surface area contributed by atoms with E-state index in [9.17, 15) is 14.4 Å². The molecule has 1 atom stereocenters. The van der Waals surface area contributed by atoms with E-state index in [0.29, 0.717) is 27.5 Å². The molecule has 2 heterocycles. The average Bonchev–Trinajstić information content (AvgIpc) is 3.06. The maximum Gasteiger partial charge on any atom is 0.335 e. The van der Waals surface area contributed by atoms with Gasteiger partial charge in [0.05, 0.1) is 11.3 Å². The second-order valence-electron chi connectivity index (χ2n) is 6.25. The number of anilines is 1. The van der Waals surface area contributed by atoms with Crippen molar-refractivity contribution in [3.8, 4) is 10.4 Å². The molecule has 1 aliphatic heterocycles. The molecular formula is C18H20N4O4S. The zero-order valence-electron chi connectivity index (χ0n) is 14.5. The summed E-state index contributed by atoms with van der Waals surface area (Å²) in [5, 5.41) is 17.8. The molecule has 0 unspecified atom stereocenters. The third-order valence-electron chi connectivity index (χ3n) is 4.22. The third kappa shape index (κ3) is 4.63. The third-order valence-corrected chi connectivity index (χ3v) is 5.41. The predicted octanol–water partition coefficient (Wildman–Crippen LogP) is 2.09. The number of rotatable bonds is 5. The van der Waals surface area contributed by atoms with Crippen molar-refractivity contribution in [3.63, 3.8) is 0 Å². The van der Waals surface area contributed by atoms with Crippen molar-refractivity contribution in [2.75, 3.05) is 18.4 Å². The molecule has 3 rings (SSSR count). The Morgan fingerprint density at radius 2 is 2.07 bits per heavy atom. The molecule has 1 aromatic heterocycles. The normalized spacial score (nSPS) is 16.5. The summed E-state index contributed by atoms with van der Waals surface area (Å²) >= 11 is 1.18. The number of carbonyl (C=O) groups excluding carboxylic acids is 2. The predicted molar refractivity (Wildman–Crippen MR) is 103 cm³/mol. The summed E-state index contributed by atoms with van der Waals surface area (Å²) < 4.78 is 0. The van der Waals surface area contributed by atoms with Crippen LogP contribution in [0.4, 0.5) is 10.5 Å². The Bertz CT molecular complexity index is 874. The minimum Gasteiger partial charge on any atom is -0.478 e. The van der Waals surface area contributed by atoms with Crippen molar-refractivity contribution >= 4 is 34.9 Å². The summed E-state index contributed by atoms with van der Waals surface area (Å²) in [4.78, 5) is 36.2. The van der Waals surface area contributed by atoms with Gasteiger partial charge in [0.2, 0.25) is 0 Å². The van der Waals surface area contributed by atoms with E-state index >= 15 is 0 Å². The van der Waals surface area contributed by atoms with Crippen LogP contribution >= 0.6 is 11.3 Å². The highest BCUT2D eigenvalue weighted by Crippen LogP contribution is 2.35. The number of primary amides is 1. The molecule has 9 heteroatoms. The lowest BCUT2D eigenvalue weighted by Crippen LogP contribution is -2.45. The Morgan fingerprint density at radius 3 is 2.74 bits per heavy atom. The summed E-state index contributed by atoms with van der Waals surface area (Å²) in [5.74, 6) is -1.33. The van der Waals surface area contributed by atoms with E-state index in [1.54, 1.807) is 18.2 Å². The smallest absolute Gasteiger partial charge is 0.335 e. The van der Waals surface area contributed by atoms with Crippen LogP contribution in [-0.4, -0.2) is 42.1 Å². The Hall–Kier alpha value is -2.91. The van der Waals surface area contributed by atoms with E-state index in [-0.39, 0.29) is 17.5 Å². The van der Waals surface area contributed by atoms with Crippen LogP contribution in [0, 0.1) is 0 Å². The highest BCUT2D eigenvalue weighted by atomic mass is 32.1. The van der Waals surface area contributed by atoms with Crippen LogP contribution in [-0.2, 0) is 0 Å². The summed E-state index contributed by atoms with van der Waals surface area (Å²) in [5.41, 5.74) is 6.32. The number of hydrogen-bond donors (Lipinski definition) is 5. The van der Waals surface area contributed by atoms with Crippen molar-refractivity contribution in [3.05, 3.63) is 40.8 Å². The number of nitrogens with one attached hydrogen (secondary N) is 3. The molecule has 2 aromatic rings. The van der Waals surface area contributed by atoms with Crippen molar-refractivity contribution in [1.82, 2.24) is 10.6 Å². The number of urea groups is 1. The Kier molecular flexibility index (Phi) is 5.72. The molecule has 8 nitrogen and oxygen atoms in total. The number of piperidine rings is 1. The molecule has 0 spiro atoms. The monoisotopic (exact) mass is 388 g/mol. The van der Waals surface area contributed by atoms with Gasteiger partial charge < -0.3 is 26.8 Å². The topological polar surface area (TPSA) is 134 Å². The molecule has 1 saturated heterocycles. The van der Waals surface area contributed by atoms with Gasteiger partial charge in [-0.25, -0.2) is 9.59 Å². The Morgan fingerprint density at radius 1 is 1.26 bits per heavy atom. The van der Waals surface area contributed by atoms with Crippen molar-refractivity contribution in [1.29, 1.82) is 0 Å². The van der Waals surface area contributed by atoms with Gasteiger partial charge in [-0.1, -0.05) is 12.1 Å². The quantitative estimate of drug-likeness (QED) is 0.535. The second kappa shape index (κ2) is 8.19. The van der Waals surface area contributed by atoms with Gasteiger partial charge in [-0.05, 0) is 43.1 Å². The van der Waals surface area contributed by atoms with Crippen molar-refractivity contribution in [2.45, 2.75) is 18.9 Å². The standard InChI is InChI=1S/C18H20N4O4S/c19-18(26)22-13-8-14(10-3-1-4-11(7-10)17(24)25)27-15(13)16(23)21-12-5-2-6-20-9-12/h1,3-4,7-8,12,20H,2,5-6,9H2,(H,21,23)(H,24,25)(H3,19,22,26)/t12-/m0/s1. The first-order valence-corrected chi connectivity index (χ1v) is 9.31. The molecular weight excluding hydrogens is 368 g/mol. The number of nitrogens with two attached hydrogens (primary N) is 1. The Balaban J connectivity index is 1.90. The number of amides is 3. The van der Waals surface area contributed by atoms with Gasteiger partial charge in [0, 0.05) is 17.5 Å². The zero-order chi connectivity index (χ0) is 19.4. The van der Waals surface area contributed by atoms with Gasteiger partial charge >= 0.3 is 12.0 Å². The van der Waals surface area contributed by atoms with E-state index in [1.165, 1.54) is 23.5 Å². The van der Waals surface area contributed by atoms with Crippen LogP contribution in [0.2, 0.25) is 0 Å². The van der Waals surface area contributed by atoms with Crippen LogP contribution in [0.15, 0.2) is 30.3 Å². The first-order chi connectivity index (χ1) is 12.9. The lowest BCUT2D eigenvalue weighted by Gasteiger charge is -2.23. The van der Waals surface area contributed by atoms with E-state index in [2.05, 4.69) is 16.0 Å². The van der Waals surface area contributed by atoms with Crippen LogP contribution in [0.3, 0.4) is 0 Å². The number of carboxylic acid groups (broad SMARTS) is 1. The number of aromatic carboxylic acids is 1. The van der Waals surface area contributed by atoms with E-state index < -0.39 is 12.0 Å². The lowest BCUT2D eigenvalue weighted by molar-refractivity contribution is 0.0696. The molecule has 1 fully saturated rings. The number of hydrogen-bond acceptors (Lipinski definition) is 5. The van der Waals surface area contributed by atoms with Crippen LogP contribution in [0.5, 0.6) is 0 Å². The minimum atomic E-state index is -1.04. The van der Waals surface area contributed by atoms with Crippen LogP contribution in [0.1, 0.15) is 32.9 Å². The summed E-state index contributed by atoms with van der Waals surface area (Å²) in [6.07, 6.45) is 1.87. The largest absolute Gasteiger partial charge is 0.478 e. The number of carbonyl (C=O) groups is 3. The first kappa shape index (κ1) is 18.9. The summed E-state index contributed by atoms with van der Waals surface area (Å²) in [6.45, 7) is 1.63. The summed E-state index contributed by atoms with van der Waals surface area (Å²) in [6, 6.07) is 7.28. The number of benzene rings is 1. The SMILES string of the molecule is NC(=O)Nc1cc(-c2cccc(C(=O)O)c2)sc1C(=O)N[C@H]1CCCNC1. The molecule has 142 valence electrons. The zero-order valence-corrected chi connectivity index (χ0v) is 15.3. The first-order valence-electron chi connectivity index (χ1n) is 8.49. The van der Waals surface area contributed by atoms with Gasteiger partial charge in [-0.15, -0.1) is 11.3 Å². The van der Waals surface area contributed by atoms with E-state index in [4.69, 9.17) is 10.8 Å². The molecule has 1 aliphatic rings. The fourth-order valence-electron chi connectivity index (χ4n) is 2.96.